The number of aromatic nitrogens is 1. The van der Waals surface area contributed by atoms with Gasteiger partial charge in [0.25, 0.3) is 5.56 Å². The van der Waals surface area contributed by atoms with Gasteiger partial charge in [0.05, 0.1) is 18.7 Å². The maximum absolute atomic E-state index is 12.7. The molecule has 1 heterocycles. The normalized spacial score (nSPS) is 10.8. The summed E-state index contributed by atoms with van der Waals surface area (Å²) < 4.78 is 0. The van der Waals surface area contributed by atoms with Crippen molar-refractivity contribution in [2.75, 3.05) is 18.5 Å². The van der Waals surface area contributed by atoms with Crippen LogP contribution in [0.4, 0.5) is 10.5 Å². The lowest BCUT2D eigenvalue weighted by atomic mass is 10.1. The van der Waals surface area contributed by atoms with E-state index in [1.54, 1.807) is 18.2 Å². The van der Waals surface area contributed by atoms with Gasteiger partial charge in [-0.25, -0.2) is 4.79 Å². The van der Waals surface area contributed by atoms with Crippen LogP contribution >= 0.6 is 0 Å². The molecule has 3 rings (SSSR count). The van der Waals surface area contributed by atoms with Gasteiger partial charge in [0.2, 0.25) is 5.91 Å². The molecule has 0 unspecified atom stereocenters. The highest BCUT2D eigenvalue weighted by atomic mass is 16.3. The quantitative estimate of drug-likeness (QED) is 0.499. The van der Waals surface area contributed by atoms with Crippen LogP contribution in [0.25, 0.3) is 10.9 Å². The lowest BCUT2D eigenvalue weighted by Crippen LogP contribution is -2.38. The molecule has 0 atom stereocenters. The van der Waals surface area contributed by atoms with Crippen molar-refractivity contribution in [3.63, 3.8) is 0 Å². The van der Waals surface area contributed by atoms with E-state index in [1.165, 1.54) is 17.0 Å². The number of carbonyl (C=O) groups excluding carboxylic acids is 2. The van der Waals surface area contributed by atoms with Crippen LogP contribution in [-0.4, -0.2) is 40.1 Å². The second-order valence-electron chi connectivity index (χ2n) is 7.19. The van der Waals surface area contributed by atoms with Gasteiger partial charge in [0.15, 0.2) is 0 Å². The number of anilines is 1. The van der Waals surface area contributed by atoms with Crippen LogP contribution < -0.4 is 16.6 Å². The standard InChI is InChI=1S/C22H24N4O4/c1-13-9-14(2)19-16(10-13)11-17(21(29)25-19)12-26(7-8-27)22(30)24-18-5-3-15(4-6-18)20(23)28/h3-6,9-11,27H,7-8,12H2,1-2H3,(H2,23,28)(H,24,30)(H,25,29). The predicted octanol–water partition coefficient (Wildman–Crippen LogP) is 2.27. The first-order valence-electron chi connectivity index (χ1n) is 9.48. The van der Waals surface area contributed by atoms with Crippen molar-refractivity contribution in [1.82, 2.24) is 9.88 Å². The number of nitrogens with two attached hydrogens (primary N) is 1. The molecule has 3 aromatic rings. The van der Waals surface area contributed by atoms with Gasteiger partial charge in [-0.3, -0.25) is 9.59 Å². The summed E-state index contributed by atoms with van der Waals surface area (Å²) in [7, 11) is 0. The molecule has 0 radical (unpaired) electrons. The molecule has 5 N–H and O–H groups in total. The van der Waals surface area contributed by atoms with E-state index < -0.39 is 11.9 Å². The third-order valence-electron chi connectivity index (χ3n) is 4.81. The molecule has 8 heteroatoms. The van der Waals surface area contributed by atoms with Crippen molar-refractivity contribution in [3.8, 4) is 0 Å². The second-order valence-corrected chi connectivity index (χ2v) is 7.19. The number of hydrogen-bond donors (Lipinski definition) is 4. The minimum Gasteiger partial charge on any atom is -0.395 e. The van der Waals surface area contributed by atoms with Gasteiger partial charge in [-0.2, -0.15) is 0 Å². The minimum atomic E-state index is -0.559. The summed E-state index contributed by atoms with van der Waals surface area (Å²) in [6.07, 6.45) is 0. The molecule has 3 amide bonds. The van der Waals surface area contributed by atoms with Crippen molar-refractivity contribution in [2.24, 2.45) is 5.73 Å². The molecular formula is C22H24N4O4. The van der Waals surface area contributed by atoms with Crippen LogP contribution in [-0.2, 0) is 6.54 Å². The van der Waals surface area contributed by atoms with Gasteiger partial charge >= 0.3 is 6.03 Å². The van der Waals surface area contributed by atoms with E-state index in [4.69, 9.17) is 5.73 Å². The molecule has 0 saturated heterocycles. The second kappa shape index (κ2) is 8.79. The lowest BCUT2D eigenvalue weighted by molar-refractivity contribution is 0.100. The van der Waals surface area contributed by atoms with E-state index in [1.807, 2.05) is 26.0 Å². The highest BCUT2D eigenvalue weighted by Gasteiger charge is 2.16. The van der Waals surface area contributed by atoms with Crippen LogP contribution in [0.2, 0.25) is 0 Å². The monoisotopic (exact) mass is 408 g/mol. The van der Waals surface area contributed by atoms with Crippen LogP contribution in [0.5, 0.6) is 0 Å². The fourth-order valence-corrected chi connectivity index (χ4v) is 3.35. The zero-order chi connectivity index (χ0) is 21.8. The number of pyridine rings is 1. The number of rotatable bonds is 6. The average molecular weight is 408 g/mol. The van der Waals surface area contributed by atoms with Crippen molar-refractivity contribution < 1.29 is 14.7 Å². The Bertz CT molecular complexity index is 1150. The smallest absolute Gasteiger partial charge is 0.322 e. The number of fused-ring (bicyclic) bond motifs is 1. The minimum absolute atomic E-state index is 0.0318. The first kappa shape index (κ1) is 21.1. The molecule has 0 fully saturated rings. The number of aryl methyl sites for hydroxylation is 2. The van der Waals surface area contributed by atoms with Gasteiger partial charge in [0.1, 0.15) is 0 Å². The summed E-state index contributed by atoms with van der Waals surface area (Å²) in [5.41, 5.74) is 8.95. The third-order valence-corrected chi connectivity index (χ3v) is 4.81. The number of benzene rings is 2. The number of aromatic amines is 1. The van der Waals surface area contributed by atoms with E-state index in [-0.39, 0.29) is 25.3 Å². The number of nitrogens with one attached hydrogen (secondary N) is 2. The summed E-state index contributed by atoms with van der Waals surface area (Å²) >= 11 is 0. The van der Waals surface area contributed by atoms with E-state index in [2.05, 4.69) is 10.3 Å². The van der Waals surface area contributed by atoms with Gasteiger partial charge in [0, 0.05) is 23.4 Å². The van der Waals surface area contributed by atoms with Gasteiger partial charge in [-0.1, -0.05) is 11.6 Å². The fraction of sp³-hybridized carbons (Fsp3) is 0.227. The Morgan fingerprint density at radius 1 is 1.13 bits per heavy atom. The van der Waals surface area contributed by atoms with E-state index >= 15 is 0 Å². The van der Waals surface area contributed by atoms with Crippen molar-refractivity contribution in [3.05, 3.63) is 75.1 Å². The third kappa shape index (κ3) is 4.66. The molecule has 2 aromatic carbocycles. The van der Waals surface area contributed by atoms with Crippen LogP contribution in [0, 0.1) is 13.8 Å². The molecule has 0 spiro atoms. The Morgan fingerprint density at radius 3 is 2.47 bits per heavy atom. The molecule has 156 valence electrons. The van der Waals surface area contributed by atoms with E-state index in [0.29, 0.717) is 16.8 Å². The summed E-state index contributed by atoms with van der Waals surface area (Å²) in [5.74, 6) is -0.559. The van der Waals surface area contributed by atoms with E-state index in [9.17, 15) is 19.5 Å². The number of amides is 3. The number of carbonyl (C=O) groups is 2. The highest BCUT2D eigenvalue weighted by Crippen LogP contribution is 2.19. The maximum Gasteiger partial charge on any atom is 0.322 e. The number of primary amides is 1. The molecule has 0 saturated carbocycles. The summed E-state index contributed by atoms with van der Waals surface area (Å²) in [4.78, 5) is 40.7. The van der Waals surface area contributed by atoms with Crippen LogP contribution in [0.15, 0.2) is 47.3 Å². The van der Waals surface area contributed by atoms with Crippen molar-refractivity contribution in [1.29, 1.82) is 0 Å². The first-order valence-corrected chi connectivity index (χ1v) is 9.48. The number of nitrogens with zero attached hydrogens (tertiary/aromatic N) is 1. The first-order chi connectivity index (χ1) is 14.3. The number of H-pyrrole nitrogens is 1. The number of urea groups is 1. The van der Waals surface area contributed by atoms with Gasteiger partial charge in [-0.05, 0) is 61.2 Å². The molecular weight excluding hydrogens is 384 g/mol. The molecule has 0 bridgehead atoms. The lowest BCUT2D eigenvalue weighted by Gasteiger charge is -2.22. The maximum atomic E-state index is 12.7. The van der Waals surface area contributed by atoms with Crippen molar-refractivity contribution >= 4 is 28.5 Å². The zero-order valence-corrected chi connectivity index (χ0v) is 16.9. The van der Waals surface area contributed by atoms with Gasteiger partial charge < -0.3 is 26.0 Å². The Labute approximate surface area is 173 Å². The predicted molar refractivity (Wildman–Crippen MR) is 116 cm³/mol. The fourth-order valence-electron chi connectivity index (χ4n) is 3.35. The SMILES string of the molecule is Cc1cc(C)c2[nH]c(=O)c(CN(CCO)C(=O)Nc3ccc(C(N)=O)cc3)cc2c1. The molecule has 0 aliphatic rings. The number of hydrogen-bond acceptors (Lipinski definition) is 4. The Kier molecular flexibility index (Phi) is 6.17. The number of aliphatic hydroxyl groups excluding tert-OH is 1. The summed E-state index contributed by atoms with van der Waals surface area (Å²) in [6, 6.07) is 11.4. The average Bonchev–Trinajstić information content (AvgIpc) is 2.69. The highest BCUT2D eigenvalue weighted by molar-refractivity contribution is 5.94. The molecule has 8 nitrogen and oxygen atoms in total. The Hall–Kier alpha value is -3.65. The Morgan fingerprint density at radius 2 is 1.83 bits per heavy atom. The molecule has 30 heavy (non-hydrogen) atoms. The van der Waals surface area contributed by atoms with Gasteiger partial charge in [-0.15, -0.1) is 0 Å². The zero-order valence-electron chi connectivity index (χ0n) is 16.9. The topological polar surface area (TPSA) is 129 Å². The molecule has 1 aromatic heterocycles. The molecule has 0 aliphatic carbocycles. The van der Waals surface area contributed by atoms with Crippen LogP contribution in [0.3, 0.4) is 0 Å². The Balaban J connectivity index is 1.84. The summed E-state index contributed by atoms with van der Waals surface area (Å²) in [6.45, 7) is 3.74. The number of aliphatic hydroxyl groups is 1. The summed E-state index contributed by atoms with van der Waals surface area (Å²) in [5, 5.41) is 13.0. The largest absolute Gasteiger partial charge is 0.395 e. The molecule has 0 aliphatic heterocycles. The van der Waals surface area contributed by atoms with Crippen molar-refractivity contribution in [2.45, 2.75) is 20.4 Å². The van der Waals surface area contributed by atoms with E-state index in [0.717, 1.165) is 22.0 Å². The van der Waals surface area contributed by atoms with Crippen LogP contribution in [0.1, 0.15) is 27.0 Å².